The van der Waals surface area contributed by atoms with Crippen LogP contribution in [-0.4, -0.2) is 41.5 Å². The summed E-state index contributed by atoms with van der Waals surface area (Å²) < 4.78 is 40.4. The van der Waals surface area contributed by atoms with E-state index in [4.69, 9.17) is 4.74 Å². The predicted molar refractivity (Wildman–Crippen MR) is 70.2 cm³/mol. The molecule has 20 heavy (non-hydrogen) atoms. The highest BCUT2D eigenvalue weighted by Gasteiger charge is 2.38. The van der Waals surface area contributed by atoms with Gasteiger partial charge >= 0.3 is 12.1 Å². The maximum Gasteiger partial charge on any atom is 0.471 e. The number of hydrogen-bond donors (Lipinski definition) is 2. The van der Waals surface area contributed by atoms with E-state index in [0.717, 1.165) is 0 Å². The minimum absolute atomic E-state index is 0.0230. The molecule has 1 aliphatic carbocycles. The van der Waals surface area contributed by atoms with Crippen LogP contribution in [0.25, 0.3) is 0 Å². The van der Waals surface area contributed by atoms with Crippen molar-refractivity contribution < 1.29 is 27.8 Å². The second kappa shape index (κ2) is 6.73. The third-order valence-electron chi connectivity index (χ3n) is 2.77. The third kappa shape index (κ3) is 4.92. The van der Waals surface area contributed by atoms with E-state index in [1.165, 1.54) is 7.11 Å². The number of ether oxygens (including phenoxy) is 1. The van der Waals surface area contributed by atoms with Gasteiger partial charge in [0, 0.05) is 20.1 Å². The second-order valence-corrected chi connectivity index (χ2v) is 5.64. The molecule has 0 radical (unpaired) electrons. The molecule has 0 fully saturated rings. The molecular formula is C12H15BrF3NO3. The first kappa shape index (κ1) is 17.2. The highest BCUT2D eigenvalue weighted by molar-refractivity contribution is 9.10. The van der Waals surface area contributed by atoms with Crippen LogP contribution >= 0.6 is 15.9 Å². The lowest BCUT2D eigenvalue weighted by molar-refractivity contribution is -0.173. The lowest BCUT2D eigenvalue weighted by Gasteiger charge is -2.26. The van der Waals surface area contributed by atoms with Crippen LogP contribution in [0.4, 0.5) is 13.2 Å². The van der Waals surface area contributed by atoms with Crippen LogP contribution in [0.2, 0.25) is 0 Å². The van der Waals surface area contributed by atoms with Gasteiger partial charge in [0.1, 0.15) is 4.51 Å². The molecule has 0 aromatic heterocycles. The van der Waals surface area contributed by atoms with Crippen LogP contribution in [0.3, 0.4) is 0 Å². The molecule has 2 unspecified atom stereocenters. The molecule has 1 aliphatic rings. The maximum atomic E-state index is 12.0. The molecule has 0 aromatic rings. The predicted octanol–water partition coefficient (Wildman–Crippen LogP) is 2.04. The Labute approximate surface area is 122 Å². The highest BCUT2D eigenvalue weighted by atomic mass is 79.9. The molecule has 0 aromatic carbocycles. The molecule has 0 aliphatic heterocycles. The Kier molecular flexibility index (Phi) is 5.79. The first-order chi connectivity index (χ1) is 9.18. The molecule has 1 amide bonds. The standard InChI is InChI=1S/C12H15BrF3NO3/c1-20-11(13)5-2-3-8(7-11)9(18)4-6-17-10(19)12(14,15)16/h2-3,7,9,18H,4-6H2,1H3,(H,17,19). The van der Waals surface area contributed by atoms with Crippen LogP contribution < -0.4 is 5.32 Å². The zero-order valence-corrected chi connectivity index (χ0v) is 12.3. The average Bonchev–Trinajstić information content (AvgIpc) is 2.37. The van der Waals surface area contributed by atoms with Crippen LogP contribution in [0.15, 0.2) is 23.8 Å². The first-order valence-electron chi connectivity index (χ1n) is 5.84. The summed E-state index contributed by atoms with van der Waals surface area (Å²) in [6.45, 7) is -0.271. The quantitative estimate of drug-likeness (QED) is 0.740. The monoisotopic (exact) mass is 357 g/mol. The lowest BCUT2D eigenvalue weighted by Crippen LogP contribution is -2.38. The van der Waals surface area contributed by atoms with Gasteiger partial charge in [0.15, 0.2) is 0 Å². The van der Waals surface area contributed by atoms with Crippen LogP contribution in [0.1, 0.15) is 12.8 Å². The Bertz CT molecular complexity index is 423. The van der Waals surface area contributed by atoms with Crippen molar-refractivity contribution in [3.8, 4) is 0 Å². The van der Waals surface area contributed by atoms with Gasteiger partial charge in [0.2, 0.25) is 0 Å². The van der Waals surface area contributed by atoms with E-state index in [1.54, 1.807) is 23.5 Å². The number of carbonyl (C=O) groups is 1. The zero-order chi connectivity index (χ0) is 15.4. The highest BCUT2D eigenvalue weighted by Crippen LogP contribution is 2.32. The summed E-state index contributed by atoms with van der Waals surface area (Å²) in [6.07, 6.45) is -0.221. The smallest absolute Gasteiger partial charge is 0.388 e. The van der Waals surface area contributed by atoms with Crippen molar-refractivity contribution in [3.05, 3.63) is 23.8 Å². The van der Waals surface area contributed by atoms with Gasteiger partial charge in [0.05, 0.1) is 6.10 Å². The molecule has 8 heteroatoms. The van der Waals surface area contributed by atoms with Gasteiger partial charge in [-0.05, 0) is 34.0 Å². The van der Waals surface area contributed by atoms with Gasteiger partial charge in [-0.25, -0.2) is 0 Å². The number of hydrogen-bond acceptors (Lipinski definition) is 3. The molecule has 4 nitrogen and oxygen atoms in total. The second-order valence-electron chi connectivity index (χ2n) is 4.30. The summed E-state index contributed by atoms with van der Waals surface area (Å²) in [5.74, 6) is -2.01. The Morgan fingerprint density at radius 1 is 1.65 bits per heavy atom. The molecule has 2 atom stereocenters. The maximum absolute atomic E-state index is 12.0. The number of methoxy groups -OCH3 is 1. The van der Waals surface area contributed by atoms with Crippen molar-refractivity contribution in [2.45, 2.75) is 29.6 Å². The fourth-order valence-corrected chi connectivity index (χ4v) is 2.10. The molecule has 0 heterocycles. The Morgan fingerprint density at radius 2 is 2.30 bits per heavy atom. The molecule has 2 N–H and O–H groups in total. The number of amides is 1. The number of halogens is 4. The minimum atomic E-state index is -4.91. The molecule has 0 spiro atoms. The number of aliphatic hydroxyl groups excluding tert-OH is 1. The van der Waals surface area contributed by atoms with Gasteiger partial charge in [0.25, 0.3) is 0 Å². The fourth-order valence-electron chi connectivity index (χ4n) is 1.65. The van der Waals surface area contributed by atoms with Crippen molar-refractivity contribution in [2.24, 2.45) is 0 Å². The minimum Gasteiger partial charge on any atom is -0.388 e. The van der Waals surface area contributed by atoms with Crippen molar-refractivity contribution in [1.29, 1.82) is 0 Å². The summed E-state index contributed by atoms with van der Waals surface area (Å²) in [4.78, 5) is 10.6. The summed E-state index contributed by atoms with van der Waals surface area (Å²) >= 11 is 3.34. The van der Waals surface area contributed by atoms with E-state index >= 15 is 0 Å². The summed E-state index contributed by atoms with van der Waals surface area (Å²) in [6, 6.07) is 0. The van der Waals surface area contributed by atoms with Crippen molar-refractivity contribution >= 4 is 21.8 Å². The van der Waals surface area contributed by atoms with Crippen molar-refractivity contribution in [3.63, 3.8) is 0 Å². The van der Waals surface area contributed by atoms with E-state index in [-0.39, 0.29) is 13.0 Å². The van der Waals surface area contributed by atoms with Gasteiger partial charge in [-0.3, -0.25) is 4.79 Å². The van der Waals surface area contributed by atoms with Gasteiger partial charge in [-0.2, -0.15) is 13.2 Å². The molecule has 0 saturated heterocycles. The van der Waals surface area contributed by atoms with Gasteiger partial charge < -0.3 is 15.2 Å². The molecule has 1 rings (SSSR count). The van der Waals surface area contributed by atoms with Gasteiger partial charge in [-0.15, -0.1) is 0 Å². The van der Waals surface area contributed by atoms with E-state index in [1.807, 2.05) is 0 Å². The zero-order valence-electron chi connectivity index (χ0n) is 10.7. The summed E-state index contributed by atoms with van der Waals surface area (Å²) in [5, 5.41) is 11.6. The van der Waals surface area contributed by atoms with Crippen molar-refractivity contribution in [1.82, 2.24) is 5.32 Å². The molecular weight excluding hydrogens is 343 g/mol. The number of alkyl halides is 4. The number of nitrogens with one attached hydrogen (secondary N) is 1. The Balaban J connectivity index is 2.50. The lowest BCUT2D eigenvalue weighted by atomic mass is 9.98. The molecule has 0 bridgehead atoms. The largest absolute Gasteiger partial charge is 0.471 e. The summed E-state index contributed by atoms with van der Waals surface area (Å²) in [7, 11) is 1.50. The Hall–Kier alpha value is -0.860. The number of aliphatic hydroxyl groups is 1. The summed E-state index contributed by atoms with van der Waals surface area (Å²) in [5.41, 5.74) is 0.524. The van der Waals surface area contributed by atoms with Gasteiger partial charge in [-0.1, -0.05) is 12.2 Å². The first-order valence-corrected chi connectivity index (χ1v) is 6.64. The van der Waals surface area contributed by atoms with Crippen LogP contribution in [0, 0.1) is 0 Å². The van der Waals surface area contributed by atoms with E-state index in [2.05, 4.69) is 15.9 Å². The Morgan fingerprint density at radius 3 is 2.85 bits per heavy atom. The van der Waals surface area contributed by atoms with Crippen LogP contribution in [0.5, 0.6) is 0 Å². The van der Waals surface area contributed by atoms with Crippen LogP contribution in [-0.2, 0) is 9.53 Å². The molecule has 114 valence electrons. The molecule has 0 saturated carbocycles. The third-order valence-corrected chi connectivity index (χ3v) is 3.65. The fraction of sp³-hybridized carbons (Fsp3) is 0.583. The topological polar surface area (TPSA) is 58.6 Å². The van der Waals surface area contributed by atoms with E-state index in [9.17, 15) is 23.1 Å². The number of carbonyl (C=O) groups excluding carboxylic acids is 1. The SMILES string of the molecule is COC1(Br)C=C(C(O)CCNC(=O)C(F)(F)F)C=CC1. The van der Waals surface area contributed by atoms with Crippen molar-refractivity contribution in [2.75, 3.05) is 13.7 Å². The van der Waals surface area contributed by atoms with E-state index in [0.29, 0.717) is 12.0 Å². The average molecular weight is 358 g/mol. The van der Waals surface area contributed by atoms with E-state index < -0.39 is 22.7 Å². The normalized spacial score (nSPS) is 24.2. The number of rotatable bonds is 5.